The van der Waals surface area contributed by atoms with Gasteiger partial charge in [0.2, 0.25) is 10.0 Å². The topological polar surface area (TPSA) is 66.4 Å². The Kier molecular flexibility index (Phi) is 6.26. The Morgan fingerprint density at radius 1 is 1.42 bits per heavy atom. The molecule has 19 heavy (non-hydrogen) atoms. The molecule has 1 aromatic carbocycles. The molecular weight excluding hydrogens is 354 g/mol. The summed E-state index contributed by atoms with van der Waals surface area (Å²) in [5.41, 5.74) is 0. The van der Waals surface area contributed by atoms with Crippen LogP contribution in [0.2, 0.25) is 5.02 Å². The molecule has 0 aliphatic carbocycles. The third-order valence-electron chi connectivity index (χ3n) is 2.44. The summed E-state index contributed by atoms with van der Waals surface area (Å²) in [5.74, 6) is 0.302. The third kappa shape index (κ3) is 5.39. The van der Waals surface area contributed by atoms with Gasteiger partial charge in [-0.15, -0.1) is 0 Å². The first-order valence-corrected chi connectivity index (χ1v) is 8.50. The average Bonchev–Trinajstić information content (AvgIpc) is 2.25. The van der Waals surface area contributed by atoms with E-state index in [1.54, 1.807) is 6.07 Å². The van der Waals surface area contributed by atoms with E-state index in [1.807, 2.05) is 13.8 Å². The van der Waals surface area contributed by atoms with Crippen molar-refractivity contribution in [3.05, 3.63) is 27.7 Å². The summed E-state index contributed by atoms with van der Waals surface area (Å²) in [5, 5.41) is 9.81. The predicted molar refractivity (Wildman–Crippen MR) is 79.8 cm³/mol. The summed E-state index contributed by atoms with van der Waals surface area (Å²) < 4.78 is 27.1. The normalized spacial score (nSPS) is 13.8. The molecule has 0 radical (unpaired) electrons. The molecule has 0 bridgehead atoms. The van der Waals surface area contributed by atoms with Gasteiger partial charge in [-0.05, 0) is 30.5 Å². The van der Waals surface area contributed by atoms with Gasteiger partial charge in [0.15, 0.2) is 0 Å². The van der Waals surface area contributed by atoms with Crippen LogP contribution >= 0.6 is 27.5 Å². The fraction of sp³-hybridized carbons (Fsp3) is 0.500. The van der Waals surface area contributed by atoms with E-state index in [2.05, 4.69) is 20.7 Å². The quantitative estimate of drug-likeness (QED) is 0.809. The SMILES string of the molecule is CC(C)CC(O)CNS(=O)(=O)c1ccc(Br)cc1Cl. The highest BCUT2D eigenvalue weighted by atomic mass is 79.9. The fourth-order valence-electron chi connectivity index (χ4n) is 1.60. The lowest BCUT2D eigenvalue weighted by Crippen LogP contribution is -2.33. The van der Waals surface area contributed by atoms with Crippen LogP contribution in [0.3, 0.4) is 0 Å². The van der Waals surface area contributed by atoms with Crippen LogP contribution in [-0.4, -0.2) is 26.2 Å². The zero-order valence-corrected chi connectivity index (χ0v) is 13.9. The Bertz CT molecular complexity index is 534. The molecule has 0 fully saturated rings. The molecular formula is C12H17BrClNO3S. The van der Waals surface area contributed by atoms with E-state index in [-0.39, 0.29) is 16.5 Å². The molecule has 4 nitrogen and oxygen atoms in total. The molecule has 2 N–H and O–H groups in total. The number of aliphatic hydroxyl groups is 1. The summed E-state index contributed by atoms with van der Waals surface area (Å²) in [6, 6.07) is 4.54. The minimum absolute atomic E-state index is 0.00844. The molecule has 1 unspecified atom stereocenters. The van der Waals surface area contributed by atoms with Crippen LogP contribution in [-0.2, 0) is 10.0 Å². The van der Waals surface area contributed by atoms with Crippen LogP contribution in [0.15, 0.2) is 27.6 Å². The van der Waals surface area contributed by atoms with Gasteiger partial charge in [-0.25, -0.2) is 13.1 Å². The maximum absolute atomic E-state index is 12.0. The smallest absolute Gasteiger partial charge is 0.242 e. The molecule has 1 aromatic rings. The van der Waals surface area contributed by atoms with Crippen molar-refractivity contribution in [2.45, 2.75) is 31.3 Å². The highest BCUT2D eigenvalue weighted by Crippen LogP contribution is 2.25. The maximum atomic E-state index is 12.0. The van der Waals surface area contributed by atoms with Gasteiger partial charge < -0.3 is 5.11 Å². The maximum Gasteiger partial charge on any atom is 0.242 e. The Hall–Kier alpha value is -0.140. The van der Waals surface area contributed by atoms with Crippen molar-refractivity contribution in [3.63, 3.8) is 0 Å². The van der Waals surface area contributed by atoms with Crippen molar-refractivity contribution in [3.8, 4) is 0 Å². The Morgan fingerprint density at radius 2 is 2.05 bits per heavy atom. The highest BCUT2D eigenvalue weighted by Gasteiger charge is 2.19. The van der Waals surface area contributed by atoms with Gasteiger partial charge in [-0.1, -0.05) is 41.4 Å². The molecule has 0 aromatic heterocycles. The zero-order valence-electron chi connectivity index (χ0n) is 10.7. The van der Waals surface area contributed by atoms with E-state index in [9.17, 15) is 13.5 Å². The first-order valence-electron chi connectivity index (χ1n) is 5.85. The van der Waals surface area contributed by atoms with Crippen LogP contribution in [0.5, 0.6) is 0 Å². The second-order valence-electron chi connectivity index (χ2n) is 4.71. The highest BCUT2D eigenvalue weighted by molar-refractivity contribution is 9.10. The monoisotopic (exact) mass is 369 g/mol. The van der Waals surface area contributed by atoms with Crippen LogP contribution in [0.1, 0.15) is 20.3 Å². The average molecular weight is 371 g/mol. The van der Waals surface area contributed by atoms with Crippen LogP contribution in [0.25, 0.3) is 0 Å². The molecule has 0 saturated heterocycles. The predicted octanol–water partition coefficient (Wildman–Crippen LogP) is 2.79. The summed E-state index contributed by atoms with van der Waals surface area (Å²) in [7, 11) is -3.70. The van der Waals surface area contributed by atoms with Crippen LogP contribution in [0.4, 0.5) is 0 Å². The molecule has 0 spiro atoms. The minimum Gasteiger partial charge on any atom is -0.392 e. The summed E-state index contributed by atoms with van der Waals surface area (Å²) in [4.78, 5) is 0.00844. The number of aliphatic hydroxyl groups excluding tert-OH is 1. The number of halogens is 2. The Labute approximate surface area is 127 Å². The van der Waals surface area contributed by atoms with Gasteiger partial charge in [-0.3, -0.25) is 0 Å². The van der Waals surface area contributed by atoms with Crippen molar-refractivity contribution >= 4 is 37.6 Å². The number of hydrogen-bond acceptors (Lipinski definition) is 3. The van der Waals surface area contributed by atoms with E-state index in [4.69, 9.17) is 11.6 Å². The van der Waals surface area contributed by atoms with Gasteiger partial charge >= 0.3 is 0 Å². The summed E-state index contributed by atoms with van der Waals surface area (Å²) in [6.07, 6.45) is -0.166. The van der Waals surface area contributed by atoms with E-state index < -0.39 is 16.1 Å². The van der Waals surface area contributed by atoms with Gasteiger partial charge in [0, 0.05) is 11.0 Å². The Morgan fingerprint density at radius 3 is 2.58 bits per heavy atom. The molecule has 108 valence electrons. The molecule has 1 atom stereocenters. The second-order valence-corrected chi connectivity index (χ2v) is 7.77. The molecule has 0 saturated carbocycles. The van der Waals surface area contributed by atoms with Crippen molar-refractivity contribution in [1.29, 1.82) is 0 Å². The standard InChI is InChI=1S/C12H17BrClNO3S/c1-8(2)5-10(16)7-15-19(17,18)12-4-3-9(13)6-11(12)14/h3-4,6,8,10,15-16H,5,7H2,1-2H3. The zero-order chi connectivity index (χ0) is 14.6. The molecule has 0 amide bonds. The van der Waals surface area contributed by atoms with Crippen molar-refractivity contribution in [2.24, 2.45) is 5.92 Å². The number of hydrogen-bond donors (Lipinski definition) is 2. The van der Waals surface area contributed by atoms with E-state index >= 15 is 0 Å². The first-order chi connectivity index (χ1) is 8.72. The van der Waals surface area contributed by atoms with Gasteiger partial charge in [0.05, 0.1) is 11.1 Å². The summed E-state index contributed by atoms with van der Waals surface area (Å²) in [6.45, 7) is 3.90. The van der Waals surface area contributed by atoms with Gasteiger partial charge in [-0.2, -0.15) is 0 Å². The molecule has 1 rings (SSSR count). The van der Waals surface area contributed by atoms with E-state index in [0.717, 1.165) is 0 Å². The molecule has 7 heteroatoms. The molecule has 0 aliphatic heterocycles. The molecule has 0 aliphatic rings. The fourth-order valence-corrected chi connectivity index (χ4v) is 3.71. The van der Waals surface area contributed by atoms with Crippen molar-refractivity contribution in [1.82, 2.24) is 4.72 Å². The molecule has 0 heterocycles. The van der Waals surface area contributed by atoms with E-state index in [1.165, 1.54) is 12.1 Å². The van der Waals surface area contributed by atoms with Gasteiger partial charge in [0.25, 0.3) is 0 Å². The minimum atomic E-state index is -3.70. The lowest BCUT2D eigenvalue weighted by atomic mass is 10.1. The lowest BCUT2D eigenvalue weighted by molar-refractivity contribution is 0.152. The number of rotatable bonds is 6. The largest absolute Gasteiger partial charge is 0.392 e. The Balaban J connectivity index is 2.76. The number of benzene rings is 1. The van der Waals surface area contributed by atoms with Crippen molar-refractivity contribution in [2.75, 3.05) is 6.54 Å². The first kappa shape index (κ1) is 16.9. The number of sulfonamides is 1. The third-order valence-corrected chi connectivity index (χ3v) is 4.84. The van der Waals surface area contributed by atoms with E-state index in [0.29, 0.717) is 16.8 Å². The lowest BCUT2D eigenvalue weighted by Gasteiger charge is -2.14. The van der Waals surface area contributed by atoms with Crippen LogP contribution < -0.4 is 4.72 Å². The second kappa shape index (κ2) is 7.04. The van der Waals surface area contributed by atoms with Gasteiger partial charge in [0.1, 0.15) is 4.90 Å². The van der Waals surface area contributed by atoms with Crippen molar-refractivity contribution < 1.29 is 13.5 Å². The number of nitrogens with one attached hydrogen (secondary N) is 1. The summed E-state index contributed by atoms with van der Waals surface area (Å²) >= 11 is 9.11. The van der Waals surface area contributed by atoms with Crippen LogP contribution in [0, 0.1) is 5.92 Å².